The third-order valence-corrected chi connectivity index (χ3v) is 4.01. The van der Waals surface area contributed by atoms with Crippen LogP contribution >= 0.6 is 0 Å². The molecular weight excluding hydrogens is 268 g/mol. The molecule has 0 unspecified atom stereocenters. The minimum absolute atomic E-state index is 0.0515. The number of methoxy groups -OCH3 is 1. The van der Waals surface area contributed by atoms with E-state index >= 15 is 0 Å². The number of carbonyl (C=O) groups is 1. The van der Waals surface area contributed by atoms with Gasteiger partial charge in [0.05, 0.1) is 23.0 Å². The van der Waals surface area contributed by atoms with Gasteiger partial charge in [-0.1, -0.05) is 0 Å². The predicted octanol–water partition coefficient (Wildman–Crippen LogP) is 0.692. The highest BCUT2D eigenvalue weighted by atomic mass is 32.2. The maximum atomic E-state index is 11.5. The Morgan fingerprint density at radius 3 is 2.68 bits per heavy atom. The van der Waals surface area contributed by atoms with E-state index in [9.17, 15) is 13.2 Å². The van der Waals surface area contributed by atoms with Gasteiger partial charge in [0.1, 0.15) is 12.2 Å². The molecule has 0 spiro atoms. The Balaban J connectivity index is 2.54. The maximum absolute atomic E-state index is 11.5. The first-order chi connectivity index (χ1) is 8.82. The molecule has 1 aromatic heterocycles. The van der Waals surface area contributed by atoms with E-state index in [2.05, 4.69) is 9.72 Å². The summed E-state index contributed by atoms with van der Waals surface area (Å²) < 4.78 is 29.3. The number of nitrogens with zero attached hydrogens (tertiary/aromatic N) is 2. The monoisotopic (exact) mass is 282 g/mol. The molecule has 0 saturated heterocycles. The van der Waals surface area contributed by atoms with Crippen LogP contribution in [0.4, 0.5) is 0 Å². The van der Waals surface area contributed by atoms with Gasteiger partial charge in [0.15, 0.2) is 9.84 Å². The van der Waals surface area contributed by atoms with Gasteiger partial charge in [-0.3, -0.25) is 4.79 Å². The molecule has 19 heavy (non-hydrogen) atoms. The van der Waals surface area contributed by atoms with E-state index in [4.69, 9.17) is 0 Å². The standard InChI is InChI=1S/C12H14N2O4S/c1-14-10-5-4-8(19(3,16)17)6-9(10)13-11(14)7-12(15)18-2/h4-6H,7H2,1-3H3. The summed E-state index contributed by atoms with van der Waals surface area (Å²) in [5, 5.41) is 0. The molecule has 0 atom stereocenters. The zero-order chi connectivity index (χ0) is 14.2. The Kier molecular flexibility index (Phi) is 3.32. The lowest BCUT2D eigenvalue weighted by Crippen LogP contribution is -2.09. The zero-order valence-corrected chi connectivity index (χ0v) is 11.7. The highest BCUT2D eigenvalue weighted by Crippen LogP contribution is 2.20. The highest BCUT2D eigenvalue weighted by molar-refractivity contribution is 7.90. The summed E-state index contributed by atoms with van der Waals surface area (Å²) in [6.45, 7) is 0. The van der Waals surface area contributed by atoms with Crippen LogP contribution in [0.1, 0.15) is 5.82 Å². The number of fused-ring (bicyclic) bond motifs is 1. The second kappa shape index (κ2) is 4.65. The van der Waals surface area contributed by atoms with Crippen molar-refractivity contribution in [1.29, 1.82) is 0 Å². The van der Waals surface area contributed by atoms with Crippen molar-refractivity contribution < 1.29 is 17.9 Å². The van der Waals surface area contributed by atoms with Crippen LogP contribution in [-0.4, -0.2) is 37.3 Å². The van der Waals surface area contributed by atoms with E-state index in [0.29, 0.717) is 11.3 Å². The summed E-state index contributed by atoms with van der Waals surface area (Å²) in [4.78, 5) is 15.7. The molecule has 0 saturated carbocycles. The summed E-state index contributed by atoms with van der Waals surface area (Å²) in [6, 6.07) is 4.71. The van der Waals surface area contributed by atoms with Crippen LogP contribution in [-0.2, 0) is 32.8 Å². The quantitative estimate of drug-likeness (QED) is 0.774. The molecule has 0 amide bonds. The number of hydrogen-bond donors (Lipinski definition) is 0. The van der Waals surface area contributed by atoms with Gasteiger partial charge in [0.25, 0.3) is 0 Å². The molecule has 7 heteroatoms. The van der Waals surface area contributed by atoms with E-state index < -0.39 is 9.84 Å². The smallest absolute Gasteiger partial charge is 0.313 e. The van der Waals surface area contributed by atoms with Gasteiger partial charge >= 0.3 is 5.97 Å². The van der Waals surface area contributed by atoms with Crippen molar-refractivity contribution in [2.45, 2.75) is 11.3 Å². The Morgan fingerprint density at radius 2 is 2.11 bits per heavy atom. The molecule has 2 aromatic rings. The number of aryl methyl sites for hydroxylation is 1. The summed E-state index contributed by atoms with van der Waals surface area (Å²) in [7, 11) is -0.183. The fourth-order valence-corrected chi connectivity index (χ4v) is 2.46. The molecule has 6 nitrogen and oxygen atoms in total. The van der Waals surface area contributed by atoms with Crippen molar-refractivity contribution >= 4 is 26.8 Å². The van der Waals surface area contributed by atoms with Gasteiger partial charge in [-0.15, -0.1) is 0 Å². The van der Waals surface area contributed by atoms with Gasteiger partial charge in [-0.25, -0.2) is 13.4 Å². The summed E-state index contributed by atoms with van der Waals surface area (Å²) in [6.07, 6.45) is 1.20. The van der Waals surface area contributed by atoms with Crippen LogP contribution in [0.25, 0.3) is 11.0 Å². The van der Waals surface area contributed by atoms with Crippen molar-refractivity contribution in [2.75, 3.05) is 13.4 Å². The molecule has 0 aliphatic rings. The van der Waals surface area contributed by atoms with Gasteiger partial charge in [-0.05, 0) is 18.2 Å². The summed E-state index contributed by atoms with van der Waals surface area (Å²) >= 11 is 0. The Labute approximate surface area is 110 Å². The first-order valence-corrected chi connectivity index (χ1v) is 7.44. The molecule has 1 heterocycles. The number of aromatic nitrogens is 2. The van der Waals surface area contributed by atoms with Crippen LogP contribution < -0.4 is 0 Å². The third kappa shape index (κ3) is 2.60. The fraction of sp³-hybridized carbons (Fsp3) is 0.333. The number of hydrogen-bond acceptors (Lipinski definition) is 5. The topological polar surface area (TPSA) is 78.3 Å². The number of carbonyl (C=O) groups excluding carboxylic acids is 1. The molecule has 0 aliphatic heterocycles. The summed E-state index contributed by atoms with van der Waals surface area (Å²) in [5.74, 6) is 0.147. The predicted molar refractivity (Wildman–Crippen MR) is 69.5 cm³/mol. The van der Waals surface area contributed by atoms with Crippen molar-refractivity contribution in [2.24, 2.45) is 7.05 Å². The molecule has 0 N–H and O–H groups in total. The molecule has 2 rings (SSSR count). The zero-order valence-electron chi connectivity index (χ0n) is 10.9. The Morgan fingerprint density at radius 1 is 1.42 bits per heavy atom. The van der Waals surface area contributed by atoms with Crippen molar-refractivity contribution in [3.05, 3.63) is 24.0 Å². The van der Waals surface area contributed by atoms with Crippen LogP contribution in [0.2, 0.25) is 0 Å². The first-order valence-electron chi connectivity index (χ1n) is 5.55. The number of ether oxygens (including phenoxy) is 1. The maximum Gasteiger partial charge on any atom is 0.313 e. The van der Waals surface area contributed by atoms with Gasteiger partial charge < -0.3 is 9.30 Å². The van der Waals surface area contributed by atoms with E-state index in [1.807, 2.05) is 0 Å². The lowest BCUT2D eigenvalue weighted by Gasteiger charge is -2.01. The third-order valence-electron chi connectivity index (χ3n) is 2.90. The Hall–Kier alpha value is -1.89. The molecule has 0 bridgehead atoms. The fourth-order valence-electron chi connectivity index (χ4n) is 1.82. The van der Waals surface area contributed by atoms with E-state index in [1.54, 1.807) is 17.7 Å². The summed E-state index contributed by atoms with van der Waals surface area (Å²) in [5.41, 5.74) is 1.32. The molecule has 102 valence electrons. The van der Waals surface area contributed by atoms with Crippen LogP contribution in [0.3, 0.4) is 0 Å². The SMILES string of the molecule is COC(=O)Cc1nc2cc(S(C)(=O)=O)ccc2n1C. The minimum atomic E-state index is -3.27. The average Bonchev–Trinajstić information content (AvgIpc) is 2.64. The normalized spacial score (nSPS) is 11.7. The minimum Gasteiger partial charge on any atom is -0.469 e. The molecule has 0 aliphatic carbocycles. The van der Waals surface area contributed by atoms with Gasteiger partial charge in [0.2, 0.25) is 0 Å². The number of rotatable bonds is 3. The van der Waals surface area contributed by atoms with Crippen LogP contribution in [0, 0.1) is 0 Å². The highest BCUT2D eigenvalue weighted by Gasteiger charge is 2.14. The first kappa shape index (κ1) is 13.5. The van der Waals surface area contributed by atoms with E-state index in [-0.39, 0.29) is 17.3 Å². The Bertz CT molecular complexity index is 746. The van der Waals surface area contributed by atoms with Crippen molar-refractivity contribution in [3.63, 3.8) is 0 Å². The van der Waals surface area contributed by atoms with Crippen LogP contribution in [0.5, 0.6) is 0 Å². The van der Waals surface area contributed by atoms with Crippen molar-refractivity contribution in [3.8, 4) is 0 Å². The number of benzene rings is 1. The average molecular weight is 282 g/mol. The molecule has 0 radical (unpaired) electrons. The van der Waals surface area contributed by atoms with E-state index in [0.717, 1.165) is 11.8 Å². The number of esters is 1. The van der Waals surface area contributed by atoms with Gasteiger partial charge in [0, 0.05) is 13.3 Å². The lowest BCUT2D eigenvalue weighted by molar-refractivity contribution is -0.139. The number of sulfone groups is 1. The molecular formula is C12H14N2O4S. The molecule has 1 aromatic carbocycles. The lowest BCUT2D eigenvalue weighted by atomic mass is 10.3. The second-order valence-electron chi connectivity index (χ2n) is 4.26. The molecule has 0 fully saturated rings. The van der Waals surface area contributed by atoms with Crippen LogP contribution in [0.15, 0.2) is 23.1 Å². The van der Waals surface area contributed by atoms with Crippen molar-refractivity contribution in [1.82, 2.24) is 9.55 Å². The van der Waals surface area contributed by atoms with E-state index in [1.165, 1.54) is 19.2 Å². The second-order valence-corrected chi connectivity index (χ2v) is 6.28. The van der Waals surface area contributed by atoms with Gasteiger partial charge in [-0.2, -0.15) is 0 Å². The number of imidazole rings is 1. The largest absolute Gasteiger partial charge is 0.469 e.